The van der Waals surface area contributed by atoms with Gasteiger partial charge in [-0.25, -0.2) is 4.79 Å². The lowest BCUT2D eigenvalue weighted by Crippen LogP contribution is -2.29. The lowest BCUT2D eigenvalue weighted by atomic mass is 9.93. The van der Waals surface area contributed by atoms with Gasteiger partial charge in [-0.3, -0.25) is 9.13 Å². The van der Waals surface area contributed by atoms with Crippen LogP contribution in [0.15, 0.2) is 23.0 Å². The number of nitriles is 1. The van der Waals surface area contributed by atoms with Gasteiger partial charge in [0.25, 0.3) is 0 Å². The van der Waals surface area contributed by atoms with Gasteiger partial charge < -0.3 is 0 Å². The number of fused-ring (bicyclic) bond motifs is 1. The van der Waals surface area contributed by atoms with Gasteiger partial charge >= 0.3 is 5.69 Å². The lowest BCUT2D eigenvalue weighted by molar-refractivity contribution is 0.312. The van der Waals surface area contributed by atoms with Crippen molar-refractivity contribution < 1.29 is 0 Å². The quantitative estimate of drug-likeness (QED) is 0.747. The first-order valence-electron chi connectivity index (χ1n) is 5.83. The molecule has 1 aliphatic carbocycles. The van der Waals surface area contributed by atoms with E-state index < -0.39 is 0 Å². The van der Waals surface area contributed by atoms with E-state index >= 15 is 0 Å². The molecule has 0 saturated heterocycles. The summed E-state index contributed by atoms with van der Waals surface area (Å²) in [5.74, 6) is 0. The van der Waals surface area contributed by atoms with E-state index in [1.807, 2.05) is 10.6 Å². The molecule has 0 atom stereocenters. The number of hydrogen-bond donors (Lipinski definition) is 0. The number of aryl methyl sites for hydroxylation is 1. The van der Waals surface area contributed by atoms with Gasteiger partial charge in [0.2, 0.25) is 0 Å². The predicted molar refractivity (Wildman–Crippen MR) is 64.8 cm³/mol. The van der Waals surface area contributed by atoms with E-state index in [0.29, 0.717) is 11.6 Å². The summed E-state index contributed by atoms with van der Waals surface area (Å²) in [5, 5.41) is 8.89. The molecule has 1 saturated carbocycles. The van der Waals surface area contributed by atoms with Crippen LogP contribution in [0.4, 0.5) is 0 Å². The Morgan fingerprint density at radius 3 is 2.71 bits per heavy atom. The summed E-state index contributed by atoms with van der Waals surface area (Å²) in [6.07, 6.45) is 3.36. The molecule has 86 valence electrons. The van der Waals surface area contributed by atoms with Gasteiger partial charge in [0, 0.05) is 13.1 Å². The Kier molecular flexibility index (Phi) is 2.08. The Hall–Kier alpha value is -2.02. The molecule has 0 radical (unpaired) electrons. The number of nitrogens with zero attached hydrogens (tertiary/aromatic N) is 3. The van der Waals surface area contributed by atoms with Crippen molar-refractivity contribution in [1.29, 1.82) is 5.26 Å². The first-order valence-corrected chi connectivity index (χ1v) is 5.83. The van der Waals surface area contributed by atoms with Crippen LogP contribution in [0.2, 0.25) is 0 Å². The minimum absolute atomic E-state index is 0.0276. The molecule has 0 spiro atoms. The highest BCUT2D eigenvalue weighted by molar-refractivity contribution is 5.78. The maximum absolute atomic E-state index is 12.2. The van der Waals surface area contributed by atoms with Crippen LogP contribution in [-0.2, 0) is 7.05 Å². The van der Waals surface area contributed by atoms with Crippen molar-refractivity contribution in [3.63, 3.8) is 0 Å². The van der Waals surface area contributed by atoms with Crippen LogP contribution < -0.4 is 5.69 Å². The van der Waals surface area contributed by atoms with E-state index in [4.69, 9.17) is 5.26 Å². The second kappa shape index (κ2) is 3.49. The van der Waals surface area contributed by atoms with Gasteiger partial charge in [0.15, 0.2) is 0 Å². The SMILES string of the molecule is Cn1c(=O)n(C2CCC2)c2ccc(C#N)cc21. The number of hydrogen-bond acceptors (Lipinski definition) is 2. The van der Waals surface area contributed by atoms with Gasteiger partial charge in [0.05, 0.1) is 22.7 Å². The van der Waals surface area contributed by atoms with Crippen molar-refractivity contribution in [3.8, 4) is 6.07 Å². The summed E-state index contributed by atoms with van der Waals surface area (Å²) < 4.78 is 3.51. The van der Waals surface area contributed by atoms with Gasteiger partial charge in [-0.1, -0.05) is 0 Å². The molecule has 0 unspecified atom stereocenters. The normalized spacial score (nSPS) is 15.8. The fourth-order valence-corrected chi connectivity index (χ4v) is 2.43. The first-order chi connectivity index (χ1) is 8.22. The van der Waals surface area contributed by atoms with E-state index in [-0.39, 0.29) is 5.69 Å². The number of aromatic nitrogens is 2. The van der Waals surface area contributed by atoms with Crippen LogP contribution in [0.25, 0.3) is 11.0 Å². The highest BCUT2D eigenvalue weighted by Crippen LogP contribution is 2.32. The van der Waals surface area contributed by atoms with Crippen molar-refractivity contribution in [2.45, 2.75) is 25.3 Å². The second-order valence-electron chi connectivity index (χ2n) is 4.61. The van der Waals surface area contributed by atoms with E-state index in [1.54, 1.807) is 23.7 Å². The number of imidazole rings is 1. The van der Waals surface area contributed by atoms with Crippen molar-refractivity contribution in [2.75, 3.05) is 0 Å². The van der Waals surface area contributed by atoms with Crippen molar-refractivity contribution in [1.82, 2.24) is 9.13 Å². The molecule has 1 fully saturated rings. The largest absolute Gasteiger partial charge is 0.329 e. The summed E-state index contributed by atoms with van der Waals surface area (Å²) in [6.45, 7) is 0. The maximum Gasteiger partial charge on any atom is 0.329 e. The third-order valence-corrected chi connectivity index (χ3v) is 3.66. The molecule has 4 heteroatoms. The van der Waals surface area contributed by atoms with Gasteiger partial charge in [-0.2, -0.15) is 5.26 Å². The minimum atomic E-state index is 0.0276. The van der Waals surface area contributed by atoms with Crippen LogP contribution >= 0.6 is 0 Å². The fourth-order valence-electron chi connectivity index (χ4n) is 2.43. The molecule has 0 bridgehead atoms. The van der Waals surface area contributed by atoms with Gasteiger partial charge in [-0.15, -0.1) is 0 Å². The summed E-state index contributed by atoms with van der Waals surface area (Å²) in [4.78, 5) is 12.2. The van der Waals surface area contributed by atoms with Gasteiger partial charge in [-0.05, 0) is 37.5 Å². The van der Waals surface area contributed by atoms with E-state index in [2.05, 4.69) is 6.07 Å². The first kappa shape index (κ1) is 10.2. The monoisotopic (exact) mass is 227 g/mol. The zero-order valence-corrected chi connectivity index (χ0v) is 9.68. The standard InChI is InChI=1S/C13H13N3O/c1-15-12-7-9(8-14)5-6-11(12)16(13(15)17)10-3-2-4-10/h5-7,10H,2-4H2,1H3. The van der Waals surface area contributed by atoms with E-state index in [1.165, 1.54) is 6.42 Å². The van der Waals surface area contributed by atoms with E-state index in [9.17, 15) is 4.79 Å². The predicted octanol–water partition coefficient (Wildman–Crippen LogP) is 1.94. The average Bonchev–Trinajstić information content (AvgIpc) is 2.52. The Bertz CT molecular complexity index is 683. The Balaban J connectivity index is 2.33. The minimum Gasteiger partial charge on any atom is -0.295 e. The van der Waals surface area contributed by atoms with Crippen LogP contribution in [0.1, 0.15) is 30.9 Å². The highest BCUT2D eigenvalue weighted by atomic mass is 16.1. The molecular weight excluding hydrogens is 214 g/mol. The molecule has 3 rings (SSSR count). The molecule has 4 nitrogen and oxygen atoms in total. The third kappa shape index (κ3) is 1.32. The number of rotatable bonds is 1. The molecule has 1 aliphatic rings. The van der Waals surface area contributed by atoms with Gasteiger partial charge in [0.1, 0.15) is 0 Å². The molecule has 2 aromatic rings. The summed E-state index contributed by atoms with van der Waals surface area (Å²) >= 11 is 0. The van der Waals surface area contributed by atoms with Crippen LogP contribution in [0.3, 0.4) is 0 Å². The summed E-state index contributed by atoms with van der Waals surface area (Å²) in [6, 6.07) is 7.89. The Morgan fingerprint density at radius 2 is 2.12 bits per heavy atom. The smallest absolute Gasteiger partial charge is 0.295 e. The molecule has 17 heavy (non-hydrogen) atoms. The maximum atomic E-state index is 12.2. The highest BCUT2D eigenvalue weighted by Gasteiger charge is 2.24. The van der Waals surface area contributed by atoms with Crippen LogP contribution in [0.5, 0.6) is 0 Å². The molecule has 1 aromatic heterocycles. The lowest BCUT2D eigenvalue weighted by Gasteiger charge is -2.26. The van der Waals surface area contributed by atoms with Crippen molar-refractivity contribution in [3.05, 3.63) is 34.2 Å². The summed E-state index contributed by atoms with van der Waals surface area (Å²) in [5.41, 5.74) is 2.42. The van der Waals surface area contributed by atoms with Crippen molar-refractivity contribution in [2.24, 2.45) is 7.05 Å². The third-order valence-electron chi connectivity index (χ3n) is 3.66. The molecular formula is C13H13N3O. The zero-order valence-electron chi connectivity index (χ0n) is 9.68. The molecule has 0 aliphatic heterocycles. The topological polar surface area (TPSA) is 50.7 Å². The summed E-state index contributed by atoms with van der Waals surface area (Å²) in [7, 11) is 1.76. The number of benzene rings is 1. The molecule has 1 aromatic carbocycles. The molecule has 0 N–H and O–H groups in total. The Labute approximate surface area is 98.7 Å². The zero-order chi connectivity index (χ0) is 12.0. The van der Waals surface area contributed by atoms with Crippen LogP contribution in [-0.4, -0.2) is 9.13 Å². The molecule has 0 amide bonds. The van der Waals surface area contributed by atoms with E-state index in [0.717, 1.165) is 23.9 Å². The average molecular weight is 227 g/mol. The Morgan fingerprint density at radius 1 is 1.35 bits per heavy atom. The fraction of sp³-hybridized carbons (Fsp3) is 0.385. The molecule has 1 heterocycles. The van der Waals surface area contributed by atoms with Crippen molar-refractivity contribution >= 4 is 11.0 Å². The van der Waals surface area contributed by atoms with Crippen LogP contribution in [0, 0.1) is 11.3 Å². The second-order valence-corrected chi connectivity index (χ2v) is 4.61.